The van der Waals surface area contributed by atoms with Crippen LogP contribution in [-0.2, 0) is 9.53 Å². The second-order valence-electron chi connectivity index (χ2n) is 4.97. The van der Waals surface area contributed by atoms with E-state index in [1.54, 1.807) is 42.1 Å². The van der Waals surface area contributed by atoms with Gasteiger partial charge in [-0.25, -0.2) is 4.79 Å². The Labute approximate surface area is 150 Å². The van der Waals surface area contributed by atoms with Crippen LogP contribution in [0, 0.1) is 6.92 Å². The van der Waals surface area contributed by atoms with E-state index in [4.69, 9.17) is 16.3 Å². The Morgan fingerprint density at radius 1 is 1.17 bits per heavy atom. The Bertz CT molecular complexity index is 749. The smallest absolute Gasteiger partial charge is 0.339 e. The molecule has 0 aliphatic heterocycles. The lowest BCUT2D eigenvalue weighted by molar-refractivity contribution is -0.119. The number of ether oxygens (including phenoxy) is 1. The van der Waals surface area contributed by atoms with Crippen LogP contribution >= 0.6 is 23.4 Å². The summed E-state index contributed by atoms with van der Waals surface area (Å²) in [5.41, 5.74) is 1.84. The molecule has 24 heavy (non-hydrogen) atoms. The second-order valence-corrected chi connectivity index (χ2v) is 6.68. The number of hydrogen-bond acceptors (Lipinski definition) is 4. The van der Waals surface area contributed by atoms with E-state index in [0.29, 0.717) is 16.3 Å². The molecule has 0 heterocycles. The van der Waals surface area contributed by atoms with Gasteiger partial charge < -0.3 is 10.1 Å². The molecule has 0 saturated heterocycles. The molecule has 4 nitrogen and oxygen atoms in total. The minimum atomic E-state index is -0.510. The Hall–Kier alpha value is -1.98. The maximum Gasteiger partial charge on any atom is 0.339 e. The van der Waals surface area contributed by atoms with E-state index in [2.05, 4.69) is 5.32 Å². The number of carbonyl (C=O) groups is 2. The second kappa shape index (κ2) is 8.76. The predicted molar refractivity (Wildman–Crippen MR) is 97.9 cm³/mol. The summed E-state index contributed by atoms with van der Waals surface area (Å²) in [6.45, 7) is 3.46. The van der Waals surface area contributed by atoms with Crippen LogP contribution in [0.3, 0.4) is 0 Å². The molecule has 2 rings (SSSR count). The number of anilines is 1. The number of rotatable bonds is 6. The molecule has 0 aliphatic carbocycles. The zero-order chi connectivity index (χ0) is 17.5. The number of nitrogens with one attached hydrogen (secondary N) is 1. The Kier molecular flexibility index (Phi) is 6.70. The molecule has 0 unspecified atom stereocenters. The van der Waals surface area contributed by atoms with Gasteiger partial charge >= 0.3 is 5.97 Å². The third-order valence-corrected chi connectivity index (χ3v) is 4.65. The van der Waals surface area contributed by atoms with Crippen molar-refractivity contribution < 1.29 is 14.3 Å². The van der Waals surface area contributed by atoms with E-state index in [1.165, 1.54) is 0 Å². The van der Waals surface area contributed by atoms with Crippen molar-refractivity contribution in [2.75, 3.05) is 17.7 Å². The first kappa shape index (κ1) is 18.4. The normalized spacial score (nSPS) is 10.3. The lowest BCUT2D eigenvalue weighted by atomic mass is 10.2. The Balaban J connectivity index is 1.97. The van der Waals surface area contributed by atoms with Crippen LogP contribution in [0.15, 0.2) is 47.4 Å². The summed E-state index contributed by atoms with van der Waals surface area (Å²) in [7, 11) is 0. The van der Waals surface area contributed by atoms with E-state index in [1.807, 2.05) is 26.0 Å². The van der Waals surface area contributed by atoms with Gasteiger partial charge in [-0.05, 0) is 42.5 Å². The summed E-state index contributed by atoms with van der Waals surface area (Å²) in [5.74, 6) is -0.0717. The van der Waals surface area contributed by atoms with Crippen molar-refractivity contribution in [1.82, 2.24) is 0 Å². The molecule has 1 amide bonds. The number of thioether (sulfide) groups is 1. The lowest BCUT2D eigenvalue weighted by Crippen LogP contribution is -2.21. The highest BCUT2D eigenvalue weighted by Crippen LogP contribution is 2.24. The van der Waals surface area contributed by atoms with Crippen LogP contribution in [0.2, 0.25) is 5.02 Å². The Morgan fingerprint density at radius 2 is 1.92 bits per heavy atom. The molecule has 0 saturated carbocycles. The van der Waals surface area contributed by atoms with Gasteiger partial charge in [-0.1, -0.05) is 36.7 Å². The maximum absolute atomic E-state index is 12.2. The third-order valence-electron chi connectivity index (χ3n) is 3.28. The van der Waals surface area contributed by atoms with Gasteiger partial charge in [-0.2, -0.15) is 0 Å². The van der Waals surface area contributed by atoms with Gasteiger partial charge in [0, 0.05) is 15.6 Å². The lowest BCUT2D eigenvalue weighted by Gasteiger charge is -2.11. The van der Waals surface area contributed by atoms with Crippen LogP contribution in [0.1, 0.15) is 22.8 Å². The molecular weight excluding hydrogens is 346 g/mol. The molecule has 0 aromatic heterocycles. The summed E-state index contributed by atoms with van der Waals surface area (Å²) in [4.78, 5) is 25.0. The fourth-order valence-electron chi connectivity index (χ4n) is 2.05. The van der Waals surface area contributed by atoms with Gasteiger partial charge in [0.15, 0.2) is 6.61 Å². The van der Waals surface area contributed by atoms with Gasteiger partial charge in [-0.15, -0.1) is 11.8 Å². The van der Waals surface area contributed by atoms with Crippen molar-refractivity contribution in [2.45, 2.75) is 18.7 Å². The zero-order valence-electron chi connectivity index (χ0n) is 13.5. The molecule has 6 heteroatoms. The topological polar surface area (TPSA) is 55.4 Å². The van der Waals surface area contributed by atoms with Gasteiger partial charge in [0.1, 0.15) is 0 Å². The average Bonchev–Trinajstić information content (AvgIpc) is 2.58. The van der Waals surface area contributed by atoms with E-state index < -0.39 is 11.9 Å². The Morgan fingerprint density at radius 3 is 2.67 bits per heavy atom. The quantitative estimate of drug-likeness (QED) is 0.604. The number of esters is 1. The molecule has 1 N–H and O–H groups in total. The summed E-state index contributed by atoms with van der Waals surface area (Å²) < 4.78 is 5.12. The molecule has 0 aliphatic rings. The molecule has 0 bridgehead atoms. The van der Waals surface area contributed by atoms with Crippen LogP contribution in [0.5, 0.6) is 0 Å². The zero-order valence-corrected chi connectivity index (χ0v) is 15.0. The summed E-state index contributed by atoms with van der Waals surface area (Å²) in [6, 6.07) is 12.4. The number of benzene rings is 2. The van der Waals surface area contributed by atoms with Crippen molar-refractivity contribution in [3.8, 4) is 0 Å². The summed E-state index contributed by atoms with van der Waals surface area (Å²) in [5, 5.41) is 3.26. The third kappa shape index (κ3) is 4.76. The predicted octanol–water partition coefficient (Wildman–Crippen LogP) is 4.56. The molecule has 126 valence electrons. The molecule has 0 fully saturated rings. The number of carbonyl (C=O) groups excluding carboxylic acids is 2. The number of halogens is 1. The summed E-state index contributed by atoms with van der Waals surface area (Å²) in [6.07, 6.45) is 0. The van der Waals surface area contributed by atoms with Gasteiger partial charge in [0.05, 0.1) is 5.56 Å². The summed E-state index contributed by atoms with van der Waals surface area (Å²) >= 11 is 7.57. The van der Waals surface area contributed by atoms with Crippen LogP contribution < -0.4 is 5.32 Å². The van der Waals surface area contributed by atoms with Crippen LogP contribution in [-0.4, -0.2) is 24.2 Å². The molecule has 2 aromatic rings. The first-order chi connectivity index (χ1) is 11.5. The highest BCUT2D eigenvalue weighted by atomic mass is 35.5. The van der Waals surface area contributed by atoms with Gasteiger partial charge in [0.2, 0.25) is 0 Å². The van der Waals surface area contributed by atoms with E-state index in [-0.39, 0.29) is 6.61 Å². The minimum Gasteiger partial charge on any atom is -0.452 e. The number of amides is 1. The van der Waals surface area contributed by atoms with Crippen LogP contribution in [0.4, 0.5) is 5.69 Å². The molecule has 0 atom stereocenters. The maximum atomic E-state index is 12.2. The fourth-order valence-corrected chi connectivity index (χ4v) is 3.02. The van der Waals surface area contributed by atoms with E-state index in [9.17, 15) is 9.59 Å². The molecule has 2 aromatic carbocycles. The highest BCUT2D eigenvalue weighted by molar-refractivity contribution is 7.99. The van der Waals surface area contributed by atoms with Crippen molar-refractivity contribution >= 4 is 40.9 Å². The minimum absolute atomic E-state index is 0.351. The highest BCUT2D eigenvalue weighted by Gasteiger charge is 2.14. The van der Waals surface area contributed by atoms with Gasteiger partial charge in [-0.3, -0.25) is 4.79 Å². The molecular formula is C18H18ClNO3S. The number of hydrogen-bond donors (Lipinski definition) is 1. The van der Waals surface area contributed by atoms with Crippen molar-refractivity contribution in [2.24, 2.45) is 0 Å². The standard InChI is InChI=1S/C18H18ClNO3S/c1-3-24-16-10-5-4-7-13(16)18(22)23-11-17(21)20-15-9-6-8-14(19)12(15)2/h4-10H,3,11H2,1-2H3,(H,20,21). The largest absolute Gasteiger partial charge is 0.452 e. The van der Waals surface area contributed by atoms with Crippen LogP contribution in [0.25, 0.3) is 0 Å². The monoisotopic (exact) mass is 363 g/mol. The van der Waals surface area contributed by atoms with Crippen molar-refractivity contribution in [1.29, 1.82) is 0 Å². The average molecular weight is 364 g/mol. The van der Waals surface area contributed by atoms with Gasteiger partial charge in [0.25, 0.3) is 5.91 Å². The van der Waals surface area contributed by atoms with Crippen molar-refractivity contribution in [3.05, 3.63) is 58.6 Å². The first-order valence-electron chi connectivity index (χ1n) is 7.46. The molecule has 0 radical (unpaired) electrons. The fraction of sp³-hybridized carbons (Fsp3) is 0.222. The van der Waals surface area contributed by atoms with E-state index >= 15 is 0 Å². The van der Waals surface area contributed by atoms with E-state index in [0.717, 1.165) is 16.2 Å². The first-order valence-corrected chi connectivity index (χ1v) is 8.83. The van der Waals surface area contributed by atoms with Crippen molar-refractivity contribution in [3.63, 3.8) is 0 Å². The molecule has 0 spiro atoms. The SMILES string of the molecule is CCSc1ccccc1C(=O)OCC(=O)Nc1cccc(Cl)c1C.